The van der Waals surface area contributed by atoms with Crippen LogP contribution in [-0.4, -0.2) is 54.7 Å². The smallest absolute Gasteiger partial charge is 0.330 e. The molecule has 9 heteroatoms. The summed E-state index contributed by atoms with van der Waals surface area (Å²) in [5, 5.41) is 0. The molecule has 0 bridgehead atoms. The molecule has 0 radical (unpaired) electrons. The van der Waals surface area contributed by atoms with Crippen molar-refractivity contribution < 1.29 is 32.2 Å². The van der Waals surface area contributed by atoms with Gasteiger partial charge in [0.05, 0.1) is 24.7 Å². The summed E-state index contributed by atoms with van der Waals surface area (Å²) < 4.78 is 56.4. The van der Waals surface area contributed by atoms with Crippen LogP contribution in [0.4, 0.5) is 0 Å². The van der Waals surface area contributed by atoms with Gasteiger partial charge in [0.15, 0.2) is 5.54 Å². The number of aryl methyl sites for hydroxylation is 1. The van der Waals surface area contributed by atoms with Crippen molar-refractivity contribution in [2.75, 3.05) is 6.54 Å². The molecule has 4 aromatic rings. The van der Waals surface area contributed by atoms with E-state index < -0.39 is 45.4 Å². The summed E-state index contributed by atoms with van der Waals surface area (Å²) in [7, 11) is -4.29. The number of hydrogen-bond donors (Lipinski definition) is 0. The molecule has 1 saturated heterocycles. The van der Waals surface area contributed by atoms with Gasteiger partial charge in [-0.05, 0) is 63.4 Å². The van der Waals surface area contributed by atoms with Gasteiger partial charge in [0.2, 0.25) is 10.0 Å². The molecular weight excluding hydrogens is 626 g/mol. The Morgan fingerprint density at radius 3 is 1.67 bits per heavy atom. The number of carbonyl (C=O) groups excluding carboxylic acids is 1. The fourth-order valence-electron chi connectivity index (χ4n) is 5.80. The molecule has 8 nitrogen and oxygen atoms in total. The Bertz CT molecular complexity index is 1730. The number of nitrogens with zero attached hydrogens (tertiary/aromatic N) is 1. The first-order chi connectivity index (χ1) is 22.9. The Labute approximate surface area is 284 Å². The normalized spacial score (nSPS) is 21.9. The minimum absolute atomic E-state index is 0.0511. The molecule has 0 saturated carbocycles. The number of esters is 1. The van der Waals surface area contributed by atoms with E-state index in [4.69, 9.17) is 18.9 Å². The molecule has 0 aliphatic carbocycles. The van der Waals surface area contributed by atoms with Crippen LogP contribution in [0.5, 0.6) is 0 Å². The van der Waals surface area contributed by atoms with Crippen molar-refractivity contribution in [3.8, 4) is 0 Å². The standard InChI is InChI=1S/C39H45NO7S/c1-29-21-23-33(24-22-29)48(42,43)40-25-34(44-26-30-15-9-6-10-16-30)35(45-27-31-17-11-7-12-18-31)36(46-28-32-19-13-8-14-20-32)39(40,5)37(41)47-38(2,3)4/h6-24,34-36H,25-28H2,1-5H3/t34-,35+,36+,39+/m1/s1. The monoisotopic (exact) mass is 671 g/mol. The summed E-state index contributed by atoms with van der Waals surface area (Å²) in [5.74, 6) is -0.737. The summed E-state index contributed by atoms with van der Waals surface area (Å²) in [6.07, 6.45) is -2.81. The zero-order valence-corrected chi connectivity index (χ0v) is 29.1. The molecule has 254 valence electrons. The van der Waals surface area contributed by atoms with Crippen LogP contribution in [0.25, 0.3) is 0 Å². The fraction of sp³-hybridized carbons (Fsp3) is 0.359. The molecule has 1 fully saturated rings. The summed E-state index contributed by atoms with van der Waals surface area (Å²) in [6.45, 7) is 9.04. The highest BCUT2D eigenvalue weighted by molar-refractivity contribution is 7.89. The third-order valence-electron chi connectivity index (χ3n) is 8.37. The molecule has 48 heavy (non-hydrogen) atoms. The van der Waals surface area contributed by atoms with Gasteiger partial charge in [-0.15, -0.1) is 0 Å². The maximum absolute atomic E-state index is 14.7. The Balaban J connectivity index is 1.64. The second-order valence-corrected chi connectivity index (χ2v) is 15.2. The van der Waals surface area contributed by atoms with Gasteiger partial charge in [0.25, 0.3) is 0 Å². The summed E-state index contributed by atoms with van der Waals surface area (Å²) in [6, 6.07) is 35.4. The predicted molar refractivity (Wildman–Crippen MR) is 184 cm³/mol. The second-order valence-electron chi connectivity index (χ2n) is 13.3. The average Bonchev–Trinajstić information content (AvgIpc) is 3.07. The van der Waals surface area contributed by atoms with Gasteiger partial charge < -0.3 is 18.9 Å². The predicted octanol–water partition coefficient (Wildman–Crippen LogP) is 6.86. The van der Waals surface area contributed by atoms with Crippen LogP contribution in [-0.2, 0) is 53.6 Å². The van der Waals surface area contributed by atoms with Crippen molar-refractivity contribution in [2.24, 2.45) is 0 Å². The van der Waals surface area contributed by atoms with Crippen LogP contribution < -0.4 is 0 Å². The van der Waals surface area contributed by atoms with Crippen molar-refractivity contribution in [2.45, 2.75) is 88.8 Å². The van der Waals surface area contributed by atoms with E-state index in [0.717, 1.165) is 22.3 Å². The number of benzene rings is 4. The molecule has 1 aliphatic heterocycles. The van der Waals surface area contributed by atoms with Crippen LogP contribution in [0.2, 0.25) is 0 Å². The maximum atomic E-state index is 14.7. The first kappa shape index (κ1) is 35.4. The number of piperidine rings is 1. The minimum atomic E-state index is -4.29. The van der Waals surface area contributed by atoms with Gasteiger partial charge in [-0.25, -0.2) is 13.2 Å². The third-order valence-corrected chi connectivity index (χ3v) is 10.3. The molecule has 0 amide bonds. The van der Waals surface area contributed by atoms with Crippen molar-refractivity contribution in [3.05, 3.63) is 138 Å². The highest BCUT2D eigenvalue weighted by Crippen LogP contribution is 2.40. The van der Waals surface area contributed by atoms with E-state index in [2.05, 4.69) is 0 Å². The van der Waals surface area contributed by atoms with Gasteiger partial charge in [-0.3, -0.25) is 0 Å². The number of carbonyl (C=O) groups is 1. The maximum Gasteiger partial charge on any atom is 0.330 e. The molecule has 0 aromatic heterocycles. The lowest BCUT2D eigenvalue weighted by Gasteiger charge is -2.52. The van der Waals surface area contributed by atoms with Gasteiger partial charge in [0, 0.05) is 6.54 Å². The SMILES string of the molecule is Cc1ccc(S(=O)(=O)N2C[C@@H](OCc3ccccc3)[C@H](OCc3ccccc3)[C@H](OCc3ccccc3)[C@@]2(C)C(=O)OC(C)(C)C)cc1. The molecular formula is C39H45NO7S. The van der Waals surface area contributed by atoms with Crippen LogP contribution in [0, 0.1) is 6.92 Å². The van der Waals surface area contributed by atoms with Gasteiger partial charge in [-0.2, -0.15) is 4.31 Å². The van der Waals surface area contributed by atoms with Crippen LogP contribution in [0.3, 0.4) is 0 Å². The van der Waals surface area contributed by atoms with Crippen molar-refractivity contribution in [1.29, 1.82) is 0 Å². The zero-order chi connectivity index (χ0) is 34.4. The lowest BCUT2D eigenvalue weighted by atomic mass is 9.83. The van der Waals surface area contributed by atoms with E-state index in [-0.39, 0.29) is 31.3 Å². The van der Waals surface area contributed by atoms with Crippen molar-refractivity contribution in [1.82, 2.24) is 4.31 Å². The first-order valence-corrected chi connectivity index (χ1v) is 17.6. The lowest BCUT2D eigenvalue weighted by Crippen LogP contribution is -2.74. The van der Waals surface area contributed by atoms with E-state index in [1.165, 1.54) is 4.31 Å². The largest absolute Gasteiger partial charge is 0.458 e. The second kappa shape index (κ2) is 15.1. The summed E-state index contributed by atoms with van der Waals surface area (Å²) in [5.41, 5.74) is 0.824. The number of rotatable bonds is 12. The van der Waals surface area contributed by atoms with E-state index >= 15 is 0 Å². The Kier molecular flexibility index (Phi) is 11.2. The van der Waals surface area contributed by atoms with Crippen molar-refractivity contribution >= 4 is 16.0 Å². The van der Waals surface area contributed by atoms with E-state index in [1.54, 1.807) is 52.0 Å². The first-order valence-electron chi connectivity index (χ1n) is 16.2. The van der Waals surface area contributed by atoms with Gasteiger partial charge in [-0.1, -0.05) is 109 Å². The van der Waals surface area contributed by atoms with Gasteiger partial charge >= 0.3 is 5.97 Å². The molecule has 5 rings (SSSR count). The van der Waals surface area contributed by atoms with Crippen LogP contribution in [0.15, 0.2) is 120 Å². The molecule has 0 N–H and O–H groups in total. The molecule has 4 atom stereocenters. The fourth-order valence-corrected chi connectivity index (χ4v) is 7.56. The number of sulfonamides is 1. The highest BCUT2D eigenvalue weighted by Gasteiger charge is 2.62. The third kappa shape index (κ3) is 8.40. The molecule has 0 unspecified atom stereocenters. The van der Waals surface area contributed by atoms with E-state index in [0.29, 0.717) is 0 Å². The van der Waals surface area contributed by atoms with E-state index in [1.807, 2.05) is 97.9 Å². The number of hydrogen-bond acceptors (Lipinski definition) is 7. The lowest BCUT2D eigenvalue weighted by molar-refractivity contribution is -0.225. The molecule has 1 aliphatic rings. The molecule has 1 heterocycles. The molecule has 0 spiro atoms. The zero-order valence-electron chi connectivity index (χ0n) is 28.2. The van der Waals surface area contributed by atoms with Gasteiger partial charge in [0.1, 0.15) is 23.9 Å². The molecule has 4 aromatic carbocycles. The quantitative estimate of drug-likeness (QED) is 0.152. The topological polar surface area (TPSA) is 91.4 Å². The summed E-state index contributed by atoms with van der Waals surface area (Å²) >= 11 is 0. The minimum Gasteiger partial charge on any atom is -0.458 e. The Morgan fingerprint density at radius 1 is 0.729 bits per heavy atom. The Morgan fingerprint density at radius 2 is 1.19 bits per heavy atom. The van der Waals surface area contributed by atoms with Crippen LogP contribution >= 0.6 is 0 Å². The van der Waals surface area contributed by atoms with E-state index in [9.17, 15) is 13.2 Å². The summed E-state index contributed by atoms with van der Waals surface area (Å²) in [4.78, 5) is 14.6. The average molecular weight is 672 g/mol. The Hall–Kier alpha value is -3.86. The highest BCUT2D eigenvalue weighted by atomic mass is 32.2. The van der Waals surface area contributed by atoms with Crippen LogP contribution in [0.1, 0.15) is 49.9 Å². The number of ether oxygens (including phenoxy) is 4. The van der Waals surface area contributed by atoms with Crippen molar-refractivity contribution in [3.63, 3.8) is 0 Å².